The van der Waals surface area contributed by atoms with Crippen molar-refractivity contribution in [3.63, 3.8) is 0 Å². The Kier molecular flexibility index (Phi) is 4.73. The molecule has 1 saturated heterocycles. The first-order chi connectivity index (χ1) is 7.75. The van der Waals surface area contributed by atoms with Gasteiger partial charge in [-0.15, -0.1) is 0 Å². The smallest absolute Gasteiger partial charge is 0.0648 e. The molecule has 0 saturated carbocycles. The molecule has 1 atom stereocenters. The van der Waals surface area contributed by atoms with Gasteiger partial charge in [0.25, 0.3) is 0 Å². The van der Waals surface area contributed by atoms with Gasteiger partial charge in [0.2, 0.25) is 0 Å². The zero-order chi connectivity index (χ0) is 11.4. The Morgan fingerprint density at radius 2 is 2.38 bits per heavy atom. The molecular formula is C12H15ClINO. The second-order valence-corrected chi connectivity index (χ2v) is 5.74. The van der Waals surface area contributed by atoms with Crippen LogP contribution in [0.3, 0.4) is 0 Å². The number of ether oxygens (including phenoxy) is 1. The van der Waals surface area contributed by atoms with Crippen LogP contribution in [0.4, 0.5) is 5.69 Å². The number of benzene rings is 1. The van der Waals surface area contributed by atoms with Crippen LogP contribution in [0.15, 0.2) is 18.2 Å². The van der Waals surface area contributed by atoms with Crippen LogP contribution in [0.1, 0.15) is 12.8 Å². The minimum absolute atomic E-state index is 0.615. The molecule has 1 N–H and O–H groups in total. The molecule has 1 aliphatic rings. The summed E-state index contributed by atoms with van der Waals surface area (Å²) in [7, 11) is 0. The molecule has 1 unspecified atom stereocenters. The molecule has 1 heterocycles. The summed E-state index contributed by atoms with van der Waals surface area (Å²) in [6.07, 6.45) is 2.42. The highest BCUT2D eigenvalue weighted by Gasteiger charge is 2.13. The summed E-state index contributed by atoms with van der Waals surface area (Å²) >= 11 is 8.41. The average molecular weight is 352 g/mol. The van der Waals surface area contributed by atoms with Crippen molar-refractivity contribution in [3.8, 4) is 0 Å². The Labute approximate surface area is 115 Å². The molecule has 1 aliphatic heterocycles. The lowest BCUT2D eigenvalue weighted by atomic mass is 10.0. The van der Waals surface area contributed by atoms with E-state index in [4.69, 9.17) is 16.3 Å². The van der Waals surface area contributed by atoms with Crippen LogP contribution in [0.5, 0.6) is 0 Å². The van der Waals surface area contributed by atoms with E-state index in [1.165, 1.54) is 12.8 Å². The maximum absolute atomic E-state index is 6.15. The molecule has 1 aromatic carbocycles. The van der Waals surface area contributed by atoms with Gasteiger partial charge < -0.3 is 10.1 Å². The van der Waals surface area contributed by atoms with Crippen molar-refractivity contribution in [2.75, 3.05) is 25.1 Å². The van der Waals surface area contributed by atoms with Crippen LogP contribution in [0.25, 0.3) is 0 Å². The Morgan fingerprint density at radius 1 is 1.50 bits per heavy atom. The van der Waals surface area contributed by atoms with E-state index >= 15 is 0 Å². The monoisotopic (exact) mass is 351 g/mol. The molecular weight excluding hydrogens is 336 g/mol. The van der Waals surface area contributed by atoms with Crippen LogP contribution in [0.2, 0.25) is 5.02 Å². The molecule has 1 aromatic rings. The molecule has 0 bridgehead atoms. The third-order valence-electron chi connectivity index (χ3n) is 2.77. The van der Waals surface area contributed by atoms with E-state index in [0.717, 1.165) is 34.0 Å². The van der Waals surface area contributed by atoms with Gasteiger partial charge >= 0.3 is 0 Å². The Bertz CT molecular complexity index is 353. The van der Waals surface area contributed by atoms with E-state index in [1.807, 2.05) is 12.1 Å². The second-order valence-electron chi connectivity index (χ2n) is 4.09. The van der Waals surface area contributed by atoms with Gasteiger partial charge in [-0.2, -0.15) is 0 Å². The second kappa shape index (κ2) is 6.07. The Morgan fingerprint density at radius 3 is 3.06 bits per heavy atom. The van der Waals surface area contributed by atoms with E-state index in [-0.39, 0.29) is 0 Å². The molecule has 16 heavy (non-hydrogen) atoms. The van der Waals surface area contributed by atoms with Gasteiger partial charge in [-0.1, -0.05) is 11.6 Å². The summed E-state index contributed by atoms with van der Waals surface area (Å²) in [5.74, 6) is 0.615. The molecule has 2 rings (SSSR count). The molecule has 2 nitrogen and oxygen atoms in total. The topological polar surface area (TPSA) is 21.3 Å². The summed E-state index contributed by atoms with van der Waals surface area (Å²) in [5.41, 5.74) is 1.02. The lowest BCUT2D eigenvalue weighted by Crippen LogP contribution is -2.24. The molecule has 0 amide bonds. The molecule has 0 aromatic heterocycles. The fourth-order valence-electron chi connectivity index (χ4n) is 1.86. The summed E-state index contributed by atoms with van der Waals surface area (Å²) in [4.78, 5) is 0. The van der Waals surface area contributed by atoms with Crippen molar-refractivity contribution in [1.29, 1.82) is 0 Å². The van der Waals surface area contributed by atoms with Gasteiger partial charge in [-0.3, -0.25) is 0 Å². The molecule has 4 heteroatoms. The van der Waals surface area contributed by atoms with E-state index in [1.54, 1.807) is 0 Å². The van der Waals surface area contributed by atoms with Crippen molar-refractivity contribution >= 4 is 39.9 Å². The maximum Gasteiger partial charge on any atom is 0.0648 e. The molecule has 1 fully saturated rings. The van der Waals surface area contributed by atoms with Crippen LogP contribution in [-0.4, -0.2) is 19.8 Å². The predicted octanol–water partition coefficient (Wildman–Crippen LogP) is 3.78. The lowest BCUT2D eigenvalue weighted by Gasteiger charge is -2.23. The summed E-state index contributed by atoms with van der Waals surface area (Å²) in [6, 6.07) is 6.07. The third kappa shape index (κ3) is 3.50. The first-order valence-corrected chi connectivity index (χ1v) is 6.98. The van der Waals surface area contributed by atoms with Gasteiger partial charge in [-0.05, 0) is 59.5 Å². The highest BCUT2D eigenvalue weighted by molar-refractivity contribution is 14.1. The fraction of sp³-hybridized carbons (Fsp3) is 0.500. The number of rotatable bonds is 3. The normalized spacial score (nSPS) is 20.8. The first-order valence-electron chi connectivity index (χ1n) is 5.52. The number of hydrogen-bond donors (Lipinski definition) is 1. The van der Waals surface area contributed by atoms with Gasteiger partial charge in [0.1, 0.15) is 0 Å². The van der Waals surface area contributed by atoms with Crippen LogP contribution < -0.4 is 5.32 Å². The third-order valence-corrected chi connectivity index (χ3v) is 3.75. The number of nitrogens with one attached hydrogen (secondary N) is 1. The predicted molar refractivity (Wildman–Crippen MR) is 76.2 cm³/mol. The average Bonchev–Trinajstić information content (AvgIpc) is 2.29. The molecule has 88 valence electrons. The van der Waals surface area contributed by atoms with Crippen LogP contribution >= 0.6 is 34.2 Å². The summed E-state index contributed by atoms with van der Waals surface area (Å²) < 4.78 is 6.61. The van der Waals surface area contributed by atoms with Crippen molar-refractivity contribution in [1.82, 2.24) is 0 Å². The van der Waals surface area contributed by atoms with Crippen LogP contribution in [0, 0.1) is 9.49 Å². The van der Waals surface area contributed by atoms with Crippen molar-refractivity contribution in [3.05, 3.63) is 26.8 Å². The lowest BCUT2D eigenvalue weighted by molar-refractivity contribution is 0.0595. The van der Waals surface area contributed by atoms with Crippen molar-refractivity contribution in [2.45, 2.75) is 12.8 Å². The highest BCUT2D eigenvalue weighted by atomic mass is 127. The maximum atomic E-state index is 6.15. The molecule has 0 radical (unpaired) electrons. The van der Waals surface area contributed by atoms with Gasteiger partial charge in [0.15, 0.2) is 0 Å². The SMILES string of the molecule is Clc1cc(I)ccc1NCC1CCCOC1. The highest BCUT2D eigenvalue weighted by Crippen LogP contribution is 2.24. The minimum Gasteiger partial charge on any atom is -0.383 e. The fourth-order valence-corrected chi connectivity index (χ4v) is 2.78. The minimum atomic E-state index is 0.615. The van der Waals surface area contributed by atoms with E-state index in [0.29, 0.717) is 5.92 Å². The largest absolute Gasteiger partial charge is 0.383 e. The quantitative estimate of drug-likeness (QED) is 0.837. The number of anilines is 1. The van der Waals surface area contributed by atoms with Gasteiger partial charge in [-0.25, -0.2) is 0 Å². The van der Waals surface area contributed by atoms with Crippen molar-refractivity contribution in [2.24, 2.45) is 5.92 Å². The zero-order valence-corrected chi connectivity index (χ0v) is 11.9. The van der Waals surface area contributed by atoms with E-state index in [2.05, 4.69) is 34.0 Å². The van der Waals surface area contributed by atoms with Crippen molar-refractivity contribution < 1.29 is 4.74 Å². The Balaban J connectivity index is 1.88. The zero-order valence-electron chi connectivity index (χ0n) is 9.01. The standard InChI is InChI=1S/C12H15ClINO/c13-11-6-10(14)3-4-12(11)15-7-9-2-1-5-16-8-9/h3-4,6,9,15H,1-2,5,7-8H2. The first kappa shape index (κ1) is 12.5. The summed E-state index contributed by atoms with van der Waals surface area (Å²) in [5, 5.41) is 4.19. The van der Waals surface area contributed by atoms with E-state index in [9.17, 15) is 0 Å². The van der Waals surface area contributed by atoms with Crippen LogP contribution in [-0.2, 0) is 4.74 Å². The summed E-state index contributed by atoms with van der Waals surface area (Å²) in [6.45, 7) is 2.73. The molecule has 0 aliphatic carbocycles. The number of halogens is 2. The van der Waals surface area contributed by atoms with Gasteiger partial charge in [0, 0.05) is 16.7 Å². The number of hydrogen-bond acceptors (Lipinski definition) is 2. The Hall–Kier alpha value is -0.000000000000000132. The van der Waals surface area contributed by atoms with Gasteiger partial charge in [0.05, 0.1) is 17.3 Å². The molecule has 0 spiro atoms. The van der Waals surface area contributed by atoms with E-state index < -0.39 is 0 Å².